The molecule has 2 saturated carbocycles. The Bertz CT molecular complexity index is 474. The van der Waals surface area contributed by atoms with E-state index in [0.29, 0.717) is 34.5 Å². The molecule has 1 aromatic rings. The van der Waals surface area contributed by atoms with E-state index in [1.165, 1.54) is 19.3 Å². The van der Waals surface area contributed by atoms with Crippen LogP contribution >= 0.6 is 11.6 Å². The summed E-state index contributed by atoms with van der Waals surface area (Å²) >= 11 is 5.86. The lowest BCUT2D eigenvalue weighted by Crippen LogP contribution is -2.53. The van der Waals surface area contributed by atoms with E-state index in [4.69, 9.17) is 17.3 Å². The molecule has 0 saturated heterocycles. The van der Waals surface area contributed by atoms with Crippen LogP contribution in [0.1, 0.15) is 42.5 Å². The van der Waals surface area contributed by atoms with Crippen LogP contribution in [-0.2, 0) is 0 Å². The molecule has 2 atom stereocenters. The Morgan fingerprint density at radius 2 is 1.75 bits per heavy atom. The van der Waals surface area contributed by atoms with Crippen LogP contribution in [0.25, 0.3) is 0 Å². The molecule has 2 fully saturated rings. The Morgan fingerprint density at radius 1 is 1.15 bits per heavy atom. The molecule has 2 unspecified atom stereocenters. The molecule has 3 rings (SSSR count). The van der Waals surface area contributed by atoms with Crippen LogP contribution in [-0.4, -0.2) is 18.0 Å². The Labute approximate surface area is 124 Å². The van der Waals surface area contributed by atoms with E-state index in [0.717, 1.165) is 12.8 Å². The second-order valence-corrected chi connectivity index (χ2v) is 6.63. The molecule has 0 radical (unpaired) electrons. The third-order valence-corrected chi connectivity index (χ3v) is 5.03. The van der Waals surface area contributed by atoms with Gasteiger partial charge in [0.15, 0.2) is 0 Å². The van der Waals surface area contributed by atoms with Crippen molar-refractivity contribution in [2.75, 3.05) is 0 Å². The van der Waals surface area contributed by atoms with Crippen LogP contribution in [0.15, 0.2) is 24.3 Å². The quantitative estimate of drug-likeness (QED) is 0.880. The number of rotatable bonds is 2. The Hall–Kier alpha value is -1.06. The van der Waals surface area contributed by atoms with Gasteiger partial charge in [-0.3, -0.25) is 4.79 Å². The summed E-state index contributed by atoms with van der Waals surface area (Å²) in [4.78, 5) is 12.4. The summed E-state index contributed by atoms with van der Waals surface area (Å²) in [6, 6.07) is 7.69. The first-order valence-corrected chi connectivity index (χ1v) is 7.83. The zero-order chi connectivity index (χ0) is 14.1. The Balaban J connectivity index is 1.70. The van der Waals surface area contributed by atoms with Gasteiger partial charge in [0.1, 0.15) is 0 Å². The average Bonchev–Trinajstić information content (AvgIpc) is 2.40. The first-order valence-electron chi connectivity index (χ1n) is 7.45. The number of carbonyl (C=O) groups excluding carboxylic acids is 1. The topological polar surface area (TPSA) is 55.1 Å². The van der Waals surface area contributed by atoms with Gasteiger partial charge in [-0.2, -0.15) is 0 Å². The fourth-order valence-corrected chi connectivity index (χ4v) is 3.99. The fourth-order valence-electron chi connectivity index (χ4n) is 3.86. The first kappa shape index (κ1) is 13.9. The number of nitrogens with two attached hydrogens (primary N) is 1. The van der Waals surface area contributed by atoms with Crippen molar-refractivity contribution in [3.8, 4) is 0 Å². The van der Waals surface area contributed by atoms with Gasteiger partial charge in [-0.05, 0) is 61.8 Å². The summed E-state index contributed by atoms with van der Waals surface area (Å²) in [5.41, 5.74) is 6.80. The van der Waals surface area contributed by atoms with Crippen molar-refractivity contribution in [3.63, 3.8) is 0 Å². The van der Waals surface area contributed by atoms with E-state index in [9.17, 15) is 4.79 Å². The summed E-state index contributed by atoms with van der Waals surface area (Å²) in [6.07, 6.45) is 5.74. The van der Waals surface area contributed by atoms with Gasteiger partial charge in [-0.25, -0.2) is 0 Å². The number of halogens is 1. The number of benzene rings is 1. The van der Waals surface area contributed by atoms with Gasteiger partial charge in [0.2, 0.25) is 0 Å². The lowest BCUT2D eigenvalue weighted by molar-refractivity contribution is 0.0756. The molecule has 4 heteroatoms. The predicted octanol–water partition coefficient (Wildman–Crippen LogP) is 2.98. The van der Waals surface area contributed by atoms with Crippen LogP contribution in [0.3, 0.4) is 0 Å². The van der Waals surface area contributed by atoms with Gasteiger partial charge in [0.25, 0.3) is 5.91 Å². The van der Waals surface area contributed by atoms with Crippen molar-refractivity contribution >= 4 is 17.5 Å². The monoisotopic (exact) mass is 292 g/mol. The SMILES string of the molecule is NC1CC2CCCC(C1)C2NC(=O)c1ccc(Cl)cc1. The van der Waals surface area contributed by atoms with Crippen LogP contribution in [0.4, 0.5) is 0 Å². The van der Waals surface area contributed by atoms with Gasteiger partial charge < -0.3 is 11.1 Å². The zero-order valence-corrected chi connectivity index (χ0v) is 12.3. The maximum atomic E-state index is 12.4. The van der Waals surface area contributed by atoms with Gasteiger partial charge >= 0.3 is 0 Å². The second kappa shape index (κ2) is 5.74. The fraction of sp³-hybridized carbons (Fsp3) is 0.562. The average molecular weight is 293 g/mol. The van der Waals surface area contributed by atoms with Crippen molar-refractivity contribution in [1.82, 2.24) is 5.32 Å². The summed E-state index contributed by atoms with van der Waals surface area (Å²) in [5, 5.41) is 3.89. The van der Waals surface area contributed by atoms with Crippen molar-refractivity contribution in [2.45, 2.75) is 44.2 Å². The lowest BCUT2D eigenvalue weighted by Gasteiger charge is -2.45. The van der Waals surface area contributed by atoms with Gasteiger partial charge in [0.05, 0.1) is 0 Å². The number of nitrogens with one attached hydrogen (secondary N) is 1. The summed E-state index contributed by atoms with van der Waals surface area (Å²) in [7, 11) is 0. The molecule has 2 aliphatic carbocycles. The van der Waals surface area contributed by atoms with E-state index in [1.54, 1.807) is 24.3 Å². The molecule has 0 spiro atoms. The van der Waals surface area contributed by atoms with Gasteiger partial charge in [-0.1, -0.05) is 18.0 Å². The Kier molecular flexibility index (Phi) is 3.99. The van der Waals surface area contributed by atoms with E-state index in [1.807, 2.05) is 0 Å². The van der Waals surface area contributed by atoms with E-state index in [2.05, 4.69) is 5.32 Å². The summed E-state index contributed by atoms with van der Waals surface area (Å²) in [5.74, 6) is 1.11. The molecular weight excluding hydrogens is 272 g/mol. The summed E-state index contributed by atoms with van der Waals surface area (Å²) < 4.78 is 0. The predicted molar refractivity (Wildman–Crippen MR) is 80.7 cm³/mol. The van der Waals surface area contributed by atoms with Crippen molar-refractivity contribution < 1.29 is 4.79 Å². The molecule has 0 heterocycles. The van der Waals surface area contributed by atoms with Crippen LogP contribution in [0.2, 0.25) is 5.02 Å². The number of fused-ring (bicyclic) bond motifs is 2. The normalized spacial score (nSPS) is 32.7. The van der Waals surface area contributed by atoms with Crippen molar-refractivity contribution in [2.24, 2.45) is 17.6 Å². The highest BCUT2D eigenvalue weighted by atomic mass is 35.5. The largest absolute Gasteiger partial charge is 0.349 e. The third-order valence-electron chi connectivity index (χ3n) is 4.78. The molecule has 1 amide bonds. The third kappa shape index (κ3) is 2.84. The highest BCUT2D eigenvalue weighted by Gasteiger charge is 2.39. The number of hydrogen-bond donors (Lipinski definition) is 2. The van der Waals surface area contributed by atoms with E-state index in [-0.39, 0.29) is 5.91 Å². The van der Waals surface area contributed by atoms with Gasteiger partial charge in [0, 0.05) is 22.7 Å². The number of carbonyl (C=O) groups is 1. The highest BCUT2D eigenvalue weighted by Crippen LogP contribution is 2.39. The van der Waals surface area contributed by atoms with E-state index >= 15 is 0 Å². The maximum absolute atomic E-state index is 12.4. The lowest BCUT2D eigenvalue weighted by atomic mass is 9.67. The first-order chi connectivity index (χ1) is 9.63. The molecule has 0 aliphatic heterocycles. The number of amides is 1. The maximum Gasteiger partial charge on any atom is 0.251 e. The number of hydrogen-bond acceptors (Lipinski definition) is 2. The minimum Gasteiger partial charge on any atom is -0.349 e. The Morgan fingerprint density at radius 3 is 2.35 bits per heavy atom. The molecule has 20 heavy (non-hydrogen) atoms. The van der Waals surface area contributed by atoms with Crippen LogP contribution in [0.5, 0.6) is 0 Å². The van der Waals surface area contributed by atoms with E-state index < -0.39 is 0 Å². The minimum absolute atomic E-state index is 0.0130. The minimum atomic E-state index is 0.0130. The molecule has 3 nitrogen and oxygen atoms in total. The standard InChI is InChI=1S/C16H21ClN2O/c17-13-6-4-10(5-7-13)16(20)19-15-11-2-1-3-12(15)9-14(18)8-11/h4-7,11-12,14-15H,1-3,8-9,18H2,(H,19,20). The van der Waals surface area contributed by atoms with Crippen LogP contribution in [0, 0.1) is 11.8 Å². The molecule has 0 aromatic heterocycles. The molecule has 108 valence electrons. The molecule has 2 bridgehead atoms. The van der Waals surface area contributed by atoms with Gasteiger partial charge in [-0.15, -0.1) is 0 Å². The zero-order valence-electron chi connectivity index (χ0n) is 11.5. The highest BCUT2D eigenvalue weighted by molar-refractivity contribution is 6.30. The molecule has 3 N–H and O–H groups in total. The molecule has 2 aliphatic rings. The second-order valence-electron chi connectivity index (χ2n) is 6.19. The smallest absolute Gasteiger partial charge is 0.251 e. The van der Waals surface area contributed by atoms with Crippen molar-refractivity contribution in [3.05, 3.63) is 34.9 Å². The van der Waals surface area contributed by atoms with Crippen LogP contribution < -0.4 is 11.1 Å². The molecular formula is C16H21ClN2O. The summed E-state index contributed by atoms with van der Waals surface area (Å²) in [6.45, 7) is 0. The van der Waals surface area contributed by atoms with Crippen molar-refractivity contribution in [1.29, 1.82) is 0 Å². The molecule has 1 aromatic carbocycles.